The van der Waals surface area contributed by atoms with E-state index in [2.05, 4.69) is 38.4 Å². The predicted molar refractivity (Wildman–Crippen MR) is 109 cm³/mol. The second-order valence-corrected chi connectivity index (χ2v) is 7.98. The van der Waals surface area contributed by atoms with E-state index in [1.807, 2.05) is 17.9 Å². The Morgan fingerprint density at radius 3 is 2.81 bits per heavy atom. The highest BCUT2D eigenvalue weighted by molar-refractivity contribution is 9.10. The summed E-state index contributed by atoms with van der Waals surface area (Å²) in [7, 11) is 1.03. The molecule has 0 bridgehead atoms. The summed E-state index contributed by atoms with van der Waals surface area (Å²) < 4.78 is 24.9. The lowest BCUT2D eigenvalue weighted by molar-refractivity contribution is 0.208. The highest BCUT2D eigenvalue weighted by Crippen LogP contribution is 2.23. The molecule has 0 spiro atoms. The van der Waals surface area contributed by atoms with Gasteiger partial charge in [0.2, 0.25) is 0 Å². The number of fused-ring (bicyclic) bond motifs is 1. The number of nitrogens with zero attached hydrogens (tertiary/aromatic N) is 3. The van der Waals surface area contributed by atoms with Gasteiger partial charge >= 0.3 is 7.12 Å². The van der Waals surface area contributed by atoms with Crippen molar-refractivity contribution in [1.29, 1.82) is 0 Å². The molecule has 5 nitrogen and oxygen atoms in total. The molecular formula is C18H20BBrFN3O2S. The molecule has 0 radical (unpaired) electrons. The molecule has 3 aromatic rings. The van der Waals surface area contributed by atoms with Crippen LogP contribution in [0.2, 0.25) is 0 Å². The lowest BCUT2D eigenvalue weighted by Gasteiger charge is -2.02. The first-order valence-electron chi connectivity index (χ1n) is 8.62. The summed E-state index contributed by atoms with van der Waals surface area (Å²) in [5, 5.41) is 13.5. The number of benzene rings is 1. The average molecular weight is 452 g/mol. The van der Waals surface area contributed by atoms with Crippen LogP contribution in [0.15, 0.2) is 35.1 Å². The molecule has 0 fully saturated rings. The minimum absolute atomic E-state index is 0.217. The van der Waals surface area contributed by atoms with Gasteiger partial charge in [-0.25, -0.2) is 4.39 Å². The van der Waals surface area contributed by atoms with Crippen molar-refractivity contribution >= 4 is 40.0 Å². The molecule has 1 aromatic carbocycles. The molecule has 0 unspecified atom stereocenters. The molecule has 0 saturated carbocycles. The highest BCUT2D eigenvalue weighted by Gasteiger charge is 2.32. The van der Waals surface area contributed by atoms with E-state index in [1.165, 1.54) is 22.6 Å². The van der Waals surface area contributed by atoms with Crippen LogP contribution in [-0.4, -0.2) is 26.3 Å². The first-order valence-corrected chi connectivity index (χ1v) is 10.2. The normalized spacial score (nSPS) is 15.5. The van der Waals surface area contributed by atoms with Gasteiger partial charge in [0.25, 0.3) is 0 Å². The third-order valence-electron chi connectivity index (χ3n) is 4.27. The van der Waals surface area contributed by atoms with Gasteiger partial charge in [0.05, 0.1) is 11.8 Å². The highest BCUT2D eigenvalue weighted by atomic mass is 79.9. The van der Waals surface area contributed by atoms with Crippen LogP contribution in [0.4, 0.5) is 4.39 Å². The number of aryl methyl sites for hydroxylation is 2. The van der Waals surface area contributed by atoms with E-state index < -0.39 is 7.12 Å². The van der Waals surface area contributed by atoms with Crippen molar-refractivity contribution in [2.24, 2.45) is 7.05 Å². The Kier molecular flexibility index (Phi) is 6.46. The topological polar surface area (TPSA) is 60.2 Å². The Morgan fingerprint density at radius 2 is 2.19 bits per heavy atom. The summed E-state index contributed by atoms with van der Waals surface area (Å²) in [5.74, 6) is -0.293. The molecule has 1 atom stereocenters. The first-order chi connectivity index (χ1) is 12.9. The minimum Gasteiger partial charge on any atom is -0.423 e. The summed E-state index contributed by atoms with van der Waals surface area (Å²) in [6.45, 7) is 3.94. The zero-order valence-corrected chi connectivity index (χ0v) is 17.7. The van der Waals surface area contributed by atoms with E-state index in [0.717, 1.165) is 28.7 Å². The summed E-state index contributed by atoms with van der Waals surface area (Å²) in [6.07, 6.45) is 3.72. The van der Waals surface area contributed by atoms with Gasteiger partial charge in [-0.05, 0) is 70.0 Å². The van der Waals surface area contributed by atoms with Crippen molar-refractivity contribution in [3.8, 4) is 0 Å². The van der Waals surface area contributed by atoms with Crippen molar-refractivity contribution in [2.45, 2.75) is 32.8 Å². The Bertz CT molecular complexity index is 933. The summed E-state index contributed by atoms with van der Waals surface area (Å²) >= 11 is 5.03. The van der Waals surface area contributed by atoms with Crippen LogP contribution in [0, 0.1) is 5.82 Å². The fraction of sp³-hybridized carbons (Fsp3) is 0.333. The van der Waals surface area contributed by atoms with E-state index >= 15 is 0 Å². The second-order valence-electron chi connectivity index (χ2n) is 6.34. The number of aromatic nitrogens is 3. The van der Waals surface area contributed by atoms with Crippen LogP contribution in [-0.2, 0) is 24.5 Å². The lowest BCUT2D eigenvalue weighted by atomic mass is 9.79. The smallest absolute Gasteiger partial charge is 0.423 e. The van der Waals surface area contributed by atoms with E-state index in [-0.39, 0.29) is 11.9 Å². The van der Waals surface area contributed by atoms with E-state index in [1.54, 1.807) is 24.5 Å². The van der Waals surface area contributed by atoms with E-state index in [4.69, 9.17) is 4.65 Å². The average Bonchev–Trinajstić information content (AvgIpc) is 3.28. The molecule has 9 heteroatoms. The Hall–Kier alpha value is -1.55. The Labute approximate surface area is 170 Å². The largest absolute Gasteiger partial charge is 0.491 e. The van der Waals surface area contributed by atoms with Crippen molar-refractivity contribution < 1.29 is 14.1 Å². The summed E-state index contributed by atoms with van der Waals surface area (Å²) in [4.78, 5) is 1.34. The Balaban J connectivity index is 0.000000159. The molecule has 0 amide bonds. The van der Waals surface area contributed by atoms with Crippen molar-refractivity contribution in [3.05, 3.63) is 62.6 Å². The van der Waals surface area contributed by atoms with E-state index in [9.17, 15) is 9.41 Å². The number of hydrogen-bond acceptors (Lipinski definition) is 5. The van der Waals surface area contributed by atoms with Gasteiger partial charge in [0.1, 0.15) is 10.4 Å². The van der Waals surface area contributed by atoms with Gasteiger partial charge in [-0.2, -0.15) is 9.47 Å². The fourth-order valence-corrected chi connectivity index (χ4v) is 4.05. The van der Waals surface area contributed by atoms with Crippen LogP contribution >= 0.6 is 27.5 Å². The van der Waals surface area contributed by atoms with Gasteiger partial charge in [0, 0.05) is 30.1 Å². The van der Waals surface area contributed by atoms with Gasteiger partial charge < -0.3 is 9.68 Å². The fourth-order valence-electron chi connectivity index (χ4n) is 2.89. The SMILES string of the molecule is CCc1cc(Cc2cn(C)nc2Br)ns1.C[C@H]1OB(O)c2ccc(F)cc21. The molecule has 1 N–H and O–H groups in total. The maximum absolute atomic E-state index is 12.7. The van der Waals surface area contributed by atoms with Crippen LogP contribution in [0.1, 0.15) is 41.6 Å². The molecule has 27 heavy (non-hydrogen) atoms. The predicted octanol–water partition coefficient (Wildman–Crippen LogP) is 3.40. The molecular weight excluding hydrogens is 432 g/mol. The van der Waals surface area contributed by atoms with Crippen LogP contribution in [0.25, 0.3) is 0 Å². The maximum Gasteiger partial charge on any atom is 0.491 e. The molecule has 1 aliphatic rings. The zero-order chi connectivity index (χ0) is 19.6. The molecule has 0 aliphatic carbocycles. The number of halogens is 2. The third kappa shape index (κ3) is 4.84. The van der Waals surface area contributed by atoms with Gasteiger partial charge in [-0.3, -0.25) is 4.68 Å². The molecule has 4 rings (SSSR count). The molecule has 3 heterocycles. The maximum atomic E-state index is 12.7. The molecule has 1 aliphatic heterocycles. The third-order valence-corrected chi connectivity index (χ3v) is 5.90. The Morgan fingerprint density at radius 1 is 1.41 bits per heavy atom. The monoisotopic (exact) mass is 451 g/mol. The molecule has 0 saturated heterocycles. The molecule has 142 valence electrons. The number of hydrogen-bond donors (Lipinski definition) is 1. The summed E-state index contributed by atoms with van der Waals surface area (Å²) in [6, 6.07) is 6.45. The van der Waals surface area contributed by atoms with Crippen molar-refractivity contribution in [3.63, 3.8) is 0 Å². The quantitative estimate of drug-likeness (QED) is 0.620. The first kappa shape index (κ1) is 20.2. The van der Waals surface area contributed by atoms with Gasteiger partial charge in [-0.15, -0.1) is 0 Å². The standard InChI is InChI=1S/C10H12BrN3S.C8H8BFO2/c1-3-9-5-8(13-15-9)4-7-6-14(2)12-10(7)11;1-5-7-4-6(10)2-3-8(7)9(11)12-5/h5-6H,3-4H2,1-2H3;2-5,11H,1H3/t;5-/m.1/s1. The molecule has 2 aromatic heterocycles. The van der Waals surface area contributed by atoms with Crippen molar-refractivity contribution in [2.75, 3.05) is 0 Å². The van der Waals surface area contributed by atoms with Gasteiger partial charge in [-0.1, -0.05) is 13.0 Å². The lowest BCUT2D eigenvalue weighted by Crippen LogP contribution is -2.27. The minimum atomic E-state index is -0.893. The van der Waals surface area contributed by atoms with E-state index in [0.29, 0.717) is 5.46 Å². The van der Waals surface area contributed by atoms with Crippen LogP contribution in [0.3, 0.4) is 0 Å². The zero-order valence-electron chi connectivity index (χ0n) is 15.3. The van der Waals surface area contributed by atoms with Crippen molar-refractivity contribution in [1.82, 2.24) is 14.2 Å². The van der Waals surface area contributed by atoms with Crippen LogP contribution in [0.5, 0.6) is 0 Å². The van der Waals surface area contributed by atoms with Crippen LogP contribution < -0.4 is 5.46 Å². The van der Waals surface area contributed by atoms with Gasteiger partial charge in [0.15, 0.2) is 0 Å². The second kappa shape index (κ2) is 8.64. The number of rotatable bonds is 3. The summed E-state index contributed by atoms with van der Waals surface area (Å²) in [5.41, 5.74) is 3.72.